The second kappa shape index (κ2) is 4.59. The summed E-state index contributed by atoms with van der Waals surface area (Å²) in [5.41, 5.74) is 3.15. The van der Waals surface area contributed by atoms with Crippen molar-refractivity contribution in [1.29, 1.82) is 0 Å². The number of hydrogen-bond donors (Lipinski definition) is 0. The molecule has 0 radical (unpaired) electrons. The highest BCUT2D eigenvalue weighted by Gasteiger charge is 2.32. The molecule has 1 fully saturated rings. The summed E-state index contributed by atoms with van der Waals surface area (Å²) in [6.45, 7) is 5.50. The molecule has 0 aromatic rings. The van der Waals surface area contributed by atoms with Gasteiger partial charge in [0.05, 0.1) is 11.7 Å². The summed E-state index contributed by atoms with van der Waals surface area (Å²) in [6.07, 6.45) is 5.47. The summed E-state index contributed by atoms with van der Waals surface area (Å²) in [4.78, 5) is 4.10. The highest BCUT2D eigenvalue weighted by Crippen LogP contribution is 2.45. The zero-order chi connectivity index (χ0) is 10.8. The fourth-order valence-corrected chi connectivity index (χ4v) is 3.45. The molecule has 2 rings (SSSR count). The molecule has 0 saturated heterocycles. The van der Waals surface area contributed by atoms with Crippen molar-refractivity contribution >= 4 is 17.4 Å². The molecule has 0 spiro atoms. The van der Waals surface area contributed by atoms with E-state index >= 15 is 0 Å². The van der Waals surface area contributed by atoms with Crippen molar-refractivity contribution in [2.45, 2.75) is 39.5 Å². The number of fused-ring (bicyclic) bond motifs is 2. The maximum absolute atomic E-state index is 4.64. The van der Waals surface area contributed by atoms with Crippen LogP contribution in [0.3, 0.4) is 0 Å². The van der Waals surface area contributed by atoms with Gasteiger partial charge in [-0.25, -0.2) is 4.99 Å². The number of aliphatic imine (C=N–C) groups is 1. The van der Waals surface area contributed by atoms with E-state index in [0.29, 0.717) is 0 Å². The normalized spacial score (nSPS) is 34.9. The number of allylic oxidation sites excluding steroid dienone is 1. The van der Waals surface area contributed by atoms with E-state index in [9.17, 15) is 0 Å². The fourth-order valence-electron chi connectivity index (χ4n) is 3.38. The highest BCUT2D eigenvalue weighted by molar-refractivity contribution is 7.78. The number of thiocarbonyl (C=S) groups is 1. The molecule has 2 aliphatic carbocycles. The third-order valence-corrected chi connectivity index (χ3v) is 4.21. The summed E-state index contributed by atoms with van der Waals surface area (Å²) in [7, 11) is 0. The second-order valence-electron chi connectivity index (χ2n) is 5.27. The molecular weight excluding hydrogens is 202 g/mol. The minimum atomic E-state index is 0.802. The summed E-state index contributed by atoms with van der Waals surface area (Å²) < 4.78 is 0. The Morgan fingerprint density at radius 1 is 1.40 bits per heavy atom. The van der Waals surface area contributed by atoms with E-state index in [4.69, 9.17) is 0 Å². The van der Waals surface area contributed by atoms with Crippen LogP contribution in [0.25, 0.3) is 0 Å². The monoisotopic (exact) mass is 221 g/mol. The lowest BCUT2D eigenvalue weighted by molar-refractivity contribution is 0.210. The lowest BCUT2D eigenvalue weighted by Crippen LogP contribution is -2.27. The summed E-state index contributed by atoms with van der Waals surface area (Å²) in [5.74, 6) is 2.67. The Labute approximate surface area is 97.7 Å². The van der Waals surface area contributed by atoms with Crippen molar-refractivity contribution in [1.82, 2.24) is 0 Å². The van der Waals surface area contributed by atoms with Crippen LogP contribution in [-0.4, -0.2) is 11.7 Å². The predicted octanol–water partition coefficient (Wildman–Crippen LogP) is 3.86. The van der Waals surface area contributed by atoms with Crippen molar-refractivity contribution in [3.63, 3.8) is 0 Å². The Morgan fingerprint density at radius 2 is 2.20 bits per heavy atom. The zero-order valence-electron chi connectivity index (χ0n) is 9.62. The van der Waals surface area contributed by atoms with Crippen LogP contribution in [0.1, 0.15) is 39.5 Å². The first-order valence-electron chi connectivity index (χ1n) is 5.92. The van der Waals surface area contributed by atoms with Crippen molar-refractivity contribution in [2.75, 3.05) is 6.54 Å². The standard InChI is InChI=1S/C13H19NS/c1-9-3-11-5-12(4-9)10(2)13(6-11)7-14-8-15/h9,11-12H,3-7H2,1-2H3. The molecule has 0 aromatic heterocycles. The van der Waals surface area contributed by atoms with Crippen LogP contribution in [0.5, 0.6) is 0 Å². The van der Waals surface area contributed by atoms with E-state index in [-0.39, 0.29) is 0 Å². The molecule has 0 aliphatic heterocycles. The summed E-state index contributed by atoms with van der Waals surface area (Å²) in [5, 5.41) is 2.48. The predicted molar refractivity (Wildman–Crippen MR) is 67.2 cm³/mol. The molecule has 0 aromatic carbocycles. The van der Waals surface area contributed by atoms with Crippen LogP contribution in [0.4, 0.5) is 0 Å². The molecule has 0 N–H and O–H groups in total. The zero-order valence-corrected chi connectivity index (χ0v) is 10.4. The molecule has 82 valence electrons. The molecule has 1 saturated carbocycles. The van der Waals surface area contributed by atoms with Gasteiger partial charge >= 0.3 is 0 Å². The Morgan fingerprint density at radius 3 is 2.93 bits per heavy atom. The van der Waals surface area contributed by atoms with Crippen molar-refractivity contribution in [2.24, 2.45) is 22.7 Å². The first kappa shape index (κ1) is 11.0. The van der Waals surface area contributed by atoms with Gasteiger partial charge in [-0.1, -0.05) is 12.5 Å². The van der Waals surface area contributed by atoms with Crippen LogP contribution >= 0.6 is 12.2 Å². The first-order valence-corrected chi connectivity index (χ1v) is 6.33. The van der Waals surface area contributed by atoms with Crippen molar-refractivity contribution in [3.05, 3.63) is 11.1 Å². The minimum absolute atomic E-state index is 0.802. The number of hydrogen-bond acceptors (Lipinski definition) is 2. The SMILES string of the molecule is CC1=C(CN=C=S)CC2CC(C)CC1C2. The second-order valence-corrected chi connectivity index (χ2v) is 5.46. The molecule has 1 nitrogen and oxygen atoms in total. The fraction of sp³-hybridized carbons (Fsp3) is 0.769. The summed E-state index contributed by atoms with van der Waals surface area (Å²) >= 11 is 4.64. The number of rotatable bonds is 2. The van der Waals surface area contributed by atoms with Crippen LogP contribution in [-0.2, 0) is 0 Å². The van der Waals surface area contributed by atoms with E-state index in [1.165, 1.54) is 25.7 Å². The Balaban J connectivity index is 2.17. The molecule has 15 heavy (non-hydrogen) atoms. The van der Waals surface area contributed by atoms with Gasteiger partial charge in [0, 0.05) is 0 Å². The maximum atomic E-state index is 4.64. The third-order valence-electron chi connectivity index (χ3n) is 4.08. The average Bonchev–Trinajstić information content (AvgIpc) is 2.21. The van der Waals surface area contributed by atoms with Gasteiger partial charge < -0.3 is 0 Å². The molecule has 3 unspecified atom stereocenters. The minimum Gasteiger partial charge on any atom is -0.228 e. The first-order chi connectivity index (χ1) is 7.20. The van der Waals surface area contributed by atoms with Gasteiger partial charge in [0.15, 0.2) is 0 Å². The molecular formula is C13H19NS. The van der Waals surface area contributed by atoms with Gasteiger partial charge in [-0.05, 0) is 68.2 Å². The molecule has 2 aliphatic rings. The molecule has 0 amide bonds. The van der Waals surface area contributed by atoms with Gasteiger partial charge in [-0.3, -0.25) is 0 Å². The van der Waals surface area contributed by atoms with E-state index in [1.54, 1.807) is 11.1 Å². The van der Waals surface area contributed by atoms with Crippen LogP contribution in [0.15, 0.2) is 16.1 Å². The van der Waals surface area contributed by atoms with E-state index < -0.39 is 0 Å². The number of nitrogens with zero attached hydrogens (tertiary/aromatic N) is 1. The van der Waals surface area contributed by atoms with E-state index in [0.717, 1.165) is 24.3 Å². The average molecular weight is 221 g/mol. The van der Waals surface area contributed by atoms with Gasteiger partial charge in [0.2, 0.25) is 0 Å². The highest BCUT2D eigenvalue weighted by atomic mass is 32.1. The van der Waals surface area contributed by atoms with Gasteiger partial charge in [0.1, 0.15) is 0 Å². The van der Waals surface area contributed by atoms with Crippen molar-refractivity contribution < 1.29 is 0 Å². The van der Waals surface area contributed by atoms with E-state index in [1.807, 2.05) is 0 Å². The van der Waals surface area contributed by atoms with Gasteiger partial charge in [-0.15, -0.1) is 0 Å². The van der Waals surface area contributed by atoms with Crippen LogP contribution in [0.2, 0.25) is 0 Å². The van der Waals surface area contributed by atoms with Crippen LogP contribution in [0, 0.1) is 17.8 Å². The largest absolute Gasteiger partial charge is 0.228 e. The topological polar surface area (TPSA) is 12.4 Å². The Kier molecular flexibility index (Phi) is 3.38. The third kappa shape index (κ3) is 2.38. The lowest BCUT2D eigenvalue weighted by Gasteiger charge is -2.39. The molecule has 0 heterocycles. The van der Waals surface area contributed by atoms with Crippen LogP contribution < -0.4 is 0 Å². The Bertz CT molecular complexity index is 325. The number of isothiocyanates is 1. The maximum Gasteiger partial charge on any atom is 0.0706 e. The van der Waals surface area contributed by atoms with Gasteiger partial charge in [0.25, 0.3) is 0 Å². The molecule has 2 bridgehead atoms. The molecule has 2 heteroatoms. The summed E-state index contributed by atoms with van der Waals surface area (Å²) in [6, 6.07) is 0. The smallest absolute Gasteiger partial charge is 0.0706 e. The molecule has 3 atom stereocenters. The Hall–Kier alpha value is -0.460. The van der Waals surface area contributed by atoms with Crippen molar-refractivity contribution in [3.8, 4) is 0 Å². The quantitative estimate of drug-likeness (QED) is 0.392. The lowest BCUT2D eigenvalue weighted by atomic mass is 9.66. The van der Waals surface area contributed by atoms with E-state index in [2.05, 4.69) is 36.2 Å². The van der Waals surface area contributed by atoms with Gasteiger partial charge in [-0.2, -0.15) is 0 Å².